The molecule has 1 amide bonds. The van der Waals surface area contributed by atoms with Crippen LogP contribution in [0.1, 0.15) is 40.5 Å². The Balaban J connectivity index is 4.54. The van der Waals surface area contributed by atoms with Crippen molar-refractivity contribution in [3.63, 3.8) is 0 Å². The van der Waals surface area contributed by atoms with Crippen LogP contribution in [-0.4, -0.2) is 41.8 Å². The van der Waals surface area contributed by atoms with Crippen molar-refractivity contribution in [3.8, 4) is 0 Å². The largest absolute Gasteiger partial charge is 0.457 e. The van der Waals surface area contributed by atoms with Crippen molar-refractivity contribution in [2.24, 2.45) is 0 Å². The first-order valence-electron chi connectivity index (χ1n) is 6.45. The molecule has 0 fully saturated rings. The highest BCUT2D eigenvalue weighted by atomic mass is 16.5. The maximum absolute atomic E-state index is 11.7. The van der Waals surface area contributed by atoms with E-state index < -0.39 is 23.8 Å². The summed E-state index contributed by atoms with van der Waals surface area (Å²) in [5, 5.41) is 0. The molecule has 0 aromatic rings. The van der Waals surface area contributed by atoms with Gasteiger partial charge in [0.05, 0.1) is 6.54 Å². The topological polar surface area (TPSA) is 63.7 Å². The molecule has 0 N–H and O–H groups in total. The third-order valence-electron chi connectivity index (χ3n) is 2.50. The highest BCUT2D eigenvalue weighted by molar-refractivity contribution is 6.35. The summed E-state index contributed by atoms with van der Waals surface area (Å²) in [7, 11) is 0. The zero-order chi connectivity index (χ0) is 15.0. The van der Waals surface area contributed by atoms with Crippen LogP contribution in [0, 0.1) is 0 Å². The fourth-order valence-corrected chi connectivity index (χ4v) is 1.48. The van der Waals surface area contributed by atoms with Crippen LogP contribution in [-0.2, 0) is 19.1 Å². The predicted octanol–water partition coefficient (Wildman–Crippen LogP) is 1.71. The number of nitrogens with zero attached hydrogens (tertiary/aromatic N) is 1. The van der Waals surface area contributed by atoms with Gasteiger partial charge in [-0.1, -0.05) is 19.9 Å². The summed E-state index contributed by atoms with van der Waals surface area (Å²) < 4.78 is 5.11. The van der Waals surface area contributed by atoms with Gasteiger partial charge < -0.3 is 9.64 Å². The summed E-state index contributed by atoms with van der Waals surface area (Å²) in [6, 6.07) is 0. The van der Waals surface area contributed by atoms with Crippen LogP contribution in [0.3, 0.4) is 0 Å². The lowest BCUT2D eigenvalue weighted by molar-refractivity contribution is -0.149. The van der Waals surface area contributed by atoms with Crippen molar-refractivity contribution >= 4 is 17.7 Å². The van der Waals surface area contributed by atoms with E-state index >= 15 is 0 Å². The Morgan fingerprint density at radius 1 is 1.26 bits per heavy atom. The molecule has 0 saturated heterocycles. The molecule has 0 aromatic carbocycles. The SMILES string of the molecule is C=C(C)C(=O)OC(C)CN(CCCC)C(=O)C(C)=O. The van der Waals surface area contributed by atoms with E-state index in [2.05, 4.69) is 6.58 Å². The van der Waals surface area contributed by atoms with Crippen molar-refractivity contribution in [1.29, 1.82) is 0 Å². The number of unbranched alkanes of at least 4 members (excludes halogenated alkanes) is 1. The summed E-state index contributed by atoms with van der Waals surface area (Å²) in [6.07, 6.45) is 1.26. The van der Waals surface area contributed by atoms with E-state index in [1.165, 1.54) is 11.8 Å². The van der Waals surface area contributed by atoms with Crippen LogP contribution in [0.4, 0.5) is 0 Å². The van der Waals surface area contributed by atoms with E-state index in [1.807, 2.05) is 6.92 Å². The third-order valence-corrected chi connectivity index (χ3v) is 2.50. The fraction of sp³-hybridized carbons (Fsp3) is 0.643. The van der Waals surface area contributed by atoms with Gasteiger partial charge in [-0.25, -0.2) is 4.79 Å². The Hall–Kier alpha value is -1.65. The Bertz CT molecular complexity index is 362. The Kier molecular flexibility index (Phi) is 7.72. The molecule has 0 aliphatic heterocycles. The Morgan fingerprint density at radius 2 is 1.84 bits per heavy atom. The highest BCUT2D eigenvalue weighted by Gasteiger charge is 2.21. The maximum atomic E-state index is 11.7. The molecule has 5 heteroatoms. The van der Waals surface area contributed by atoms with Gasteiger partial charge in [-0.05, 0) is 20.3 Å². The molecule has 0 aliphatic carbocycles. The molecule has 108 valence electrons. The molecular weight excluding hydrogens is 246 g/mol. The number of amides is 1. The number of carbonyl (C=O) groups excluding carboxylic acids is 3. The monoisotopic (exact) mass is 269 g/mol. The molecule has 0 radical (unpaired) electrons. The van der Waals surface area contributed by atoms with Crippen LogP contribution in [0.25, 0.3) is 0 Å². The van der Waals surface area contributed by atoms with Crippen LogP contribution in [0.2, 0.25) is 0 Å². The Morgan fingerprint density at radius 3 is 2.26 bits per heavy atom. The average molecular weight is 269 g/mol. The number of carbonyl (C=O) groups is 3. The van der Waals surface area contributed by atoms with E-state index in [4.69, 9.17) is 4.74 Å². The maximum Gasteiger partial charge on any atom is 0.333 e. The zero-order valence-electron chi connectivity index (χ0n) is 12.2. The summed E-state index contributed by atoms with van der Waals surface area (Å²) >= 11 is 0. The van der Waals surface area contributed by atoms with Gasteiger partial charge in [0.2, 0.25) is 5.78 Å². The van der Waals surface area contributed by atoms with Gasteiger partial charge in [-0.2, -0.15) is 0 Å². The lowest BCUT2D eigenvalue weighted by atomic mass is 10.2. The minimum absolute atomic E-state index is 0.220. The summed E-state index contributed by atoms with van der Waals surface area (Å²) in [4.78, 5) is 35.7. The van der Waals surface area contributed by atoms with E-state index in [0.717, 1.165) is 12.8 Å². The normalized spacial score (nSPS) is 11.6. The lowest BCUT2D eigenvalue weighted by Crippen LogP contribution is -2.41. The molecule has 19 heavy (non-hydrogen) atoms. The molecule has 0 bridgehead atoms. The fourth-order valence-electron chi connectivity index (χ4n) is 1.48. The van der Waals surface area contributed by atoms with Gasteiger partial charge in [-0.3, -0.25) is 9.59 Å². The number of ether oxygens (including phenoxy) is 1. The summed E-state index contributed by atoms with van der Waals surface area (Å²) in [5.74, 6) is -1.53. The van der Waals surface area contributed by atoms with Gasteiger partial charge in [0.25, 0.3) is 5.91 Å². The minimum Gasteiger partial charge on any atom is -0.457 e. The lowest BCUT2D eigenvalue weighted by Gasteiger charge is -2.24. The van der Waals surface area contributed by atoms with Crippen LogP contribution < -0.4 is 0 Å². The quantitative estimate of drug-likeness (QED) is 0.382. The number of hydrogen-bond donors (Lipinski definition) is 0. The first-order chi connectivity index (χ1) is 8.79. The molecule has 0 spiro atoms. The van der Waals surface area contributed by atoms with Crippen molar-refractivity contribution < 1.29 is 19.1 Å². The van der Waals surface area contributed by atoms with Crippen molar-refractivity contribution in [2.45, 2.75) is 46.6 Å². The molecule has 0 aliphatic rings. The molecule has 0 rings (SSSR count). The Labute approximate surface area is 114 Å². The number of rotatable bonds is 8. The number of hydrogen-bond acceptors (Lipinski definition) is 4. The van der Waals surface area contributed by atoms with Gasteiger partial charge in [0.15, 0.2) is 0 Å². The second kappa shape index (κ2) is 8.45. The van der Waals surface area contributed by atoms with Gasteiger partial charge in [0.1, 0.15) is 6.10 Å². The summed E-state index contributed by atoms with van der Waals surface area (Å²) in [6.45, 7) is 10.7. The first-order valence-corrected chi connectivity index (χ1v) is 6.45. The van der Waals surface area contributed by atoms with Crippen molar-refractivity contribution in [3.05, 3.63) is 12.2 Å². The second-order valence-electron chi connectivity index (χ2n) is 4.66. The van der Waals surface area contributed by atoms with Crippen LogP contribution in [0.5, 0.6) is 0 Å². The molecule has 0 heterocycles. The van der Waals surface area contributed by atoms with Crippen LogP contribution in [0.15, 0.2) is 12.2 Å². The smallest absolute Gasteiger partial charge is 0.333 e. The zero-order valence-corrected chi connectivity index (χ0v) is 12.2. The van der Waals surface area contributed by atoms with Gasteiger partial charge in [-0.15, -0.1) is 0 Å². The van der Waals surface area contributed by atoms with Gasteiger partial charge >= 0.3 is 5.97 Å². The number of ketones is 1. The molecular formula is C14H23NO4. The molecule has 0 saturated carbocycles. The number of esters is 1. The van der Waals surface area contributed by atoms with E-state index in [1.54, 1.807) is 13.8 Å². The van der Waals surface area contributed by atoms with Crippen LogP contribution >= 0.6 is 0 Å². The minimum atomic E-state index is -0.535. The van der Waals surface area contributed by atoms with Crippen molar-refractivity contribution in [1.82, 2.24) is 4.90 Å². The van der Waals surface area contributed by atoms with Gasteiger partial charge in [0, 0.05) is 19.0 Å². The third kappa shape index (κ3) is 6.74. The molecule has 0 aromatic heterocycles. The van der Waals surface area contributed by atoms with E-state index in [9.17, 15) is 14.4 Å². The highest BCUT2D eigenvalue weighted by Crippen LogP contribution is 2.04. The average Bonchev–Trinajstić information content (AvgIpc) is 2.32. The second-order valence-corrected chi connectivity index (χ2v) is 4.66. The predicted molar refractivity (Wildman–Crippen MR) is 72.5 cm³/mol. The van der Waals surface area contributed by atoms with Crippen molar-refractivity contribution in [2.75, 3.05) is 13.1 Å². The first kappa shape index (κ1) is 17.4. The molecule has 1 atom stereocenters. The van der Waals surface area contributed by atoms with E-state index in [-0.39, 0.29) is 6.54 Å². The standard InChI is InChI=1S/C14H23NO4/c1-6-7-8-15(13(17)12(5)16)9-11(4)19-14(18)10(2)3/h11H,2,6-9H2,1,3-5H3. The molecule has 5 nitrogen and oxygen atoms in total. The summed E-state index contributed by atoms with van der Waals surface area (Å²) in [5.41, 5.74) is 0.310. The number of Topliss-reactive ketones (excluding diaryl/α,β-unsaturated/α-hetero) is 1. The molecule has 1 unspecified atom stereocenters. The van der Waals surface area contributed by atoms with E-state index in [0.29, 0.717) is 12.1 Å².